The molecular weight excluding hydrogens is 464 g/mol. The molecule has 0 unspecified atom stereocenters. The number of carbonyl (C=O) groups is 2. The van der Waals surface area contributed by atoms with Gasteiger partial charge < -0.3 is 9.47 Å². The molecule has 1 fully saturated rings. The van der Waals surface area contributed by atoms with Crippen LogP contribution in [0.5, 0.6) is 0 Å². The first-order valence-corrected chi connectivity index (χ1v) is 13.0. The maximum Gasteiger partial charge on any atom is 0.337 e. The first-order chi connectivity index (χ1) is 17.0. The van der Waals surface area contributed by atoms with Crippen LogP contribution in [0.4, 0.5) is 0 Å². The van der Waals surface area contributed by atoms with Gasteiger partial charge in [0, 0.05) is 12.2 Å². The lowest BCUT2D eigenvalue weighted by atomic mass is 9.90. The molecule has 0 spiro atoms. The summed E-state index contributed by atoms with van der Waals surface area (Å²) in [6.45, 7) is 1.07. The van der Waals surface area contributed by atoms with Crippen molar-refractivity contribution < 1.29 is 19.1 Å². The lowest BCUT2D eigenvalue weighted by Gasteiger charge is -2.17. The van der Waals surface area contributed by atoms with Crippen LogP contribution < -0.4 is 5.56 Å². The molecule has 2 aliphatic rings. The quantitative estimate of drug-likeness (QED) is 0.211. The number of benzene rings is 2. The number of fused-ring (bicyclic) bond motifs is 2. The van der Waals surface area contributed by atoms with Gasteiger partial charge in [0.1, 0.15) is 0 Å². The molecule has 182 valence electrons. The van der Waals surface area contributed by atoms with E-state index in [0.717, 1.165) is 32.1 Å². The summed E-state index contributed by atoms with van der Waals surface area (Å²) in [4.78, 5) is 43.2. The minimum atomic E-state index is -0.492. The Bertz CT molecular complexity index is 1340. The molecule has 2 aromatic carbocycles. The second-order valence-corrected chi connectivity index (χ2v) is 10.0. The van der Waals surface area contributed by atoms with Crippen molar-refractivity contribution in [1.29, 1.82) is 0 Å². The molecule has 0 saturated carbocycles. The predicted octanol–water partition coefficient (Wildman–Crippen LogP) is 4.22. The van der Waals surface area contributed by atoms with E-state index >= 15 is 0 Å². The number of aromatic nitrogens is 2. The number of ketones is 1. The van der Waals surface area contributed by atoms with Crippen molar-refractivity contribution in [2.75, 3.05) is 19.5 Å². The fraction of sp³-hybridized carbons (Fsp3) is 0.407. The number of esters is 1. The lowest BCUT2D eigenvalue weighted by molar-refractivity contribution is 0.0600. The second-order valence-electron chi connectivity index (χ2n) is 9.07. The van der Waals surface area contributed by atoms with E-state index in [1.54, 1.807) is 22.8 Å². The first-order valence-electron chi connectivity index (χ1n) is 12.1. The third kappa shape index (κ3) is 5.04. The van der Waals surface area contributed by atoms with Crippen molar-refractivity contribution in [3.05, 3.63) is 69.0 Å². The van der Waals surface area contributed by atoms with Gasteiger partial charge in [0.25, 0.3) is 5.56 Å². The Morgan fingerprint density at radius 2 is 1.89 bits per heavy atom. The van der Waals surface area contributed by atoms with E-state index in [9.17, 15) is 14.4 Å². The maximum absolute atomic E-state index is 13.4. The fourth-order valence-electron chi connectivity index (χ4n) is 4.83. The van der Waals surface area contributed by atoms with E-state index in [4.69, 9.17) is 14.5 Å². The number of carbonyl (C=O) groups excluding carboxylic acids is 2. The summed E-state index contributed by atoms with van der Waals surface area (Å²) in [6, 6.07) is 10.7. The van der Waals surface area contributed by atoms with E-state index in [-0.39, 0.29) is 23.2 Å². The van der Waals surface area contributed by atoms with Gasteiger partial charge in [-0.2, -0.15) is 0 Å². The number of hydrogen-bond donors (Lipinski definition) is 0. The Hall–Kier alpha value is -2.97. The summed E-state index contributed by atoms with van der Waals surface area (Å²) in [5.41, 5.74) is 3.82. The Labute approximate surface area is 207 Å². The first kappa shape index (κ1) is 23.8. The molecule has 0 N–H and O–H groups in total. The molecule has 1 aliphatic heterocycles. The van der Waals surface area contributed by atoms with Gasteiger partial charge in [-0.1, -0.05) is 23.9 Å². The van der Waals surface area contributed by atoms with Crippen LogP contribution in [0.2, 0.25) is 0 Å². The third-order valence-corrected chi connectivity index (χ3v) is 7.73. The number of thioether (sulfide) groups is 1. The second kappa shape index (κ2) is 10.3. The molecule has 8 heteroatoms. The van der Waals surface area contributed by atoms with Gasteiger partial charge in [-0.05, 0) is 73.9 Å². The Morgan fingerprint density at radius 1 is 1.09 bits per heavy atom. The van der Waals surface area contributed by atoms with Crippen LogP contribution in [0.15, 0.2) is 46.3 Å². The molecule has 2 heterocycles. The van der Waals surface area contributed by atoms with E-state index in [0.29, 0.717) is 40.3 Å². The Morgan fingerprint density at radius 3 is 2.66 bits per heavy atom. The molecule has 1 atom stereocenters. The normalized spacial score (nSPS) is 17.3. The third-order valence-electron chi connectivity index (χ3n) is 6.75. The number of hydrogen-bond acceptors (Lipinski definition) is 7. The van der Waals surface area contributed by atoms with Gasteiger partial charge >= 0.3 is 5.97 Å². The number of nitrogens with zero attached hydrogens (tertiary/aromatic N) is 2. The largest absolute Gasteiger partial charge is 0.465 e. The smallest absolute Gasteiger partial charge is 0.337 e. The van der Waals surface area contributed by atoms with Crippen LogP contribution in [-0.4, -0.2) is 46.9 Å². The van der Waals surface area contributed by atoms with Gasteiger partial charge in [0.15, 0.2) is 10.9 Å². The zero-order valence-corrected chi connectivity index (χ0v) is 20.6. The van der Waals surface area contributed by atoms with Crippen LogP contribution in [0.1, 0.15) is 57.5 Å². The molecule has 35 heavy (non-hydrogen) atoms. The molecule has 7 nitrogen and oxygen atoms in total. The van der Waals surface area contributed by atoms with E-state index in [1.165, 1.54) is 36.4 Å². The maximum atomic E-state index is 13.4. The highest BCUT2D eigenvalue weighted by atomic mass is 32.2. The van der Waals surface area contributed by atoms with E-state index in [2.05, 4.69) is 6.07 Å². The summed E-state index contributed by atoms with van der Waals surface area (Å²) in [5, 5.41) is 0.868. The number of methoxy groups -OCH3 is 1. The fourth-order valence-corrected chi connectivity index (χ4v) is 5.73. The molecule has 1 aromatic heterocycles. The highest BCUT2D eigenvalue weighted by Crippen LogP contribution is 2.25. The van der Waals surface area contributed by atoms with Crippen LogP contribution in [0.25, 0.3) is 10.9 Å². The van der Waals surface area contributed by atoms with Gasteiger partial charge in [-0.3, -0.25) is 14.2 Å². The number of ether oxygens (including phenoxy) is 2. The van der Waals surface area contributed by atoms with E-state index < -0.39 is 5.97 Å². The standard InChI is InChI=1S/C27H28N2O5S/c1-33-26(32)20-10-11-22-23(14-20)28-27(29(25(22)31)15-21-7-4-12-34-21)35-16-24(30)19-9-8-17-5-2-3-6-18(17)13-19/h8-11,13-14,21H,2-7,12,15-16H2,1H3/t21-/m0/s1. The van der Waals surface area contributed by atoms with Crippen LogP contribution in [0, 0.1) is 0 Å². The van der Waals surface area contributed by atoms with Crippen molar-refractivity contribution in [3.63, 3.8) is 0 Å². The predicted molar refractivity (Wildman–Crippen MR) is 134 cm³/mol. The molecule has 1 aliphatic carbocycles. The molecule has 0 radical (unpaired) electrons. The van der Waals surface area contributed by atoms with E-state index in [1.807, 2.05) is 12.1 Å². The summed E-state index contributed by atoms with van der Waals surface area (Å²) in [7, 11) is 1.31. The van der Waals surface area contributed by atoms with Gasteiger partial charge in [-0.25, -0.2) is 9.78 Å². The van der Waals surface area contributed by atoms with Crippen molar-refractivity contribution >= 4 is 34.4 Å². The zero-order chi connectivity index (χ0) is 24.4. The monoisotopic (exact) mass is 492 g/mol. The number of aryl methyl sites for hydroxylation is 2. The zero-order valence-electron chi connectivity index (χ0n) is 19.7. The molecule has 1 saturated heterocycles. The minimum absolute atomic E-state index is 0.00435. The highest BCUT2D eigenvalue weighted by Gasteiger charge is 2.22. The van der Waals surface area contributed by atoms with Crippen molar-refractivity contribution in [2.24, 2.45) is 0 Å². The molecular formula is C27H28N2O5S. The van der Waals surface area contributed by atoms with Crippen molar-refractivity contribution in [3.8, 4) is 0 Å². The van der Waals surface area contributed by atoms with Crippen LogP contribution in [-0.2, 0) is 28.9 Å². The SMILES string of the molecule is COC(=O)c1ccc2c(=O)n(C[C@@H]3CCCO3)c(SCC(=O)c3ccc4c(c3)CCCC4)nc2c1. The number of Topliss-reactive ketones (excluding diaryl/α,β-unsaturated/α-hetero) is 1. The summed E-state index contributed by atoms with van der Waals surface area (Å²) >= 11 is 1.25. The van der Waals surface area contributed by atoms with Gasteiger partial charge in [0.05, 0.1) is 42.0 Å². The van der Waals surface area contributed by atoms with Crippen LogP contribution in [0.3, 0.4) is 0 Å². The minimum Gasteiger partial charge on any atom is -0.465 e. The molecule has 3 aromatic rings. The summed E-state index contributed by atoms with van der Waals surface area (Å²) in [5.74, 6) is -0.322. The Balaban J connectivity index is 1.45. The van der Waals surface area contributed by atoms with Crippen LogP contribution >= 0.6 is 11.8 Å². The lowest BCUT2D eigenvalue weighted by Crippen LogP contribution is -2.29. The summed E-state index contributed by atoms with van der Waals surface area (Å²) in [6.07, 6.45) is 6.22. The van der Waals surface area contributed by atoms with Crippen molar-refractivity contribution in [1.82, 2.24) is 9.55 Å². The molecule has 5 rings (SSSR count). The van der Waals surface area contributed by atoms with Gasteiger partial charge in [-0.15, -0.1) is 0 Å². The topological polar surface area (TPSA) is 87.5 Å². The Kier molecular flexibility index (Phi) is 7.02. The number of rotatable bonds is 7. The van der Waals surface area contributed by atoms with Crippen molar-refractivity contribution in [2.45, 2.75) is 56.3 Å². The average molecular weight is 493 g/mol. The van der Waals surface area contributed by atoms with Gasteiger partial charge in [0.2, 0.25) is 0 Å². The average Bonchev–Trinajstić information content (AvgIpc) is 3.41. The molecule has 0 bridgehead atoms. The summed E-state index contributed by atoms with van der Waals surface area (Å²) < 4.78 is 12.2. The highest BCUT2D eigenvalue weighted by molar-refractivity contribution is 7.99. The molecule has 0 amide bonds.